The van der Waals surface area contributed by atoms with Gasteiger partial charge >= 0.3 is 25.6 Å². The van der Waals surface area contributed by atoms with Crippen molar-refractivity contribution in [2.24, 2.45) is 5.64 Å². The molecule has 0 aliphatic heterocycles. The molecule has 2 heteroatoms. The molecule has 0 fully saturated rings. The van der Waals surface area contributed by atoms with Gasteiger partial charge in [-0.1, -0.05) is 0 Å². The summed E-state index contributed by atoms with van der Waals surface area (Å²) in [7, 11) is 1.50. The van der Waals surface area contributed by atoms with Crippen molar-refractivity contribution in [2.75, 3.05) is 0 Å². The van der Waals surface area contributed by atoms with E-state index in [0.29, 0.717) is 0 Å². The van der Waals surface area contributed by atoms with Gasteiger partial charge in [0.1, 0.15) is 0 Å². The van der Waals surface area contributed by atoms with E-state index in [1.165, 1.54) is 7.06 Å². The molecular formula is C2H6BN. The van der Waals surface area contributed by atoms with Gasteiger partial charge < -0.3 is 0 Å². The third-order valence-electron chi connectivity index (χ3n) is 0.192. The molecule has 0 bridgehead atoms. The first kappa shape index (κ1) is 3.73. The second-order valence-electron chi connectivity index (χ2n) is 0.526. The van der Waals surface area contributed by atoms with Crippen LogP contribution in [-0.2, 0) is 0 Å². The molecule has 0 atom stereocenters. The first-order valence-corrected chi connectivity index (χ1v) is 1.24. The molecule has 0 unspecified atom stereocenters. The second-order valence-corrected chi connectivity index (χ2v) is 0.526. The maximum atomic E-state index is 4.85. The van der Waals surface area contributed by atoms with Gasteiger partial charge in [-0.25, -0.2) is 0 Å². The Morgan fingerprint density at radius 3 is 2.25 bits per heavy atom. The van der Waals surface area contributed by atoms with E-state index in [2.05, 4.69) is 0 Å². The minimum atomic E-state index is 1.50. The zero-order chi connectivity index (χ0) is 3.41. The van der Waals surface area contributed by atoms with Crippen LogP contribution in [0.5, 0.6) is 0 Å². The second kappa shape index (κ2) is 2.73. The van der Waals surface area contributed by atoms with Crippen LogP contribution in [0.4, 0.5) is 0 Å². The zero-order valence-corrected chi connectivity index (χ0v) is 2.73. The van der Waals surface area contributed by atoms with Crippen molar-refractivity contribution in [3.05, 3.63) is 0 Å². The van der Waals surface area contributed by atoms with Crippen LogP contribution in [0.3, 0.4) is 0 Å². The van der Waals surface area contributed by atoms with Gasteiger partial charge in [0.15, 0.2) is 0 Å². The van der Waals surface area contributed by atoms with Crippen molar-refractivity contribution in [1.29, 1.82) is 0 Å². The number of hydrogen-bond acceptors (Lipinski definition) is 1. The van der Waals surface area contributed by atoms with Crippen molar-refractivity contribution in [3.63, 3.8) is 0 Å². The standard InChI is InChI=1S/C2H6BN/c1-2-3-4/h2H,4H2,1H3. The Labute approximate surface area is 26.7 Å². The molecule has 0 heterocycles. The fraction of sp³-hybridized carbons (Fsp3) is 0.500. The van der Waals surface area contributed by atoms with Crippen LogP contribution in [0.15, 0.2) is 0 Å². The maximum absolute atomic E-state index is 4.85. The van der Waals surface area contributed by atoms with Gasteiger partial charge in [0, 0.05) is 0 Å². The number of hydrogen-bond donors (Lipinski definition) is 1. The molecule has 1 nitrogen and oxygen atoms in total. The molecule has 0 aliphatic carbocycles. The molecule has 0 aromatic carbocycles. The van der Waals surface area contributed by atoms with Crippen molar-refractivity contribution in [2.45, 2.75) is 6.92 Å². The van der Waals surface area contributed by atoms with Crippen LogP contribution in [0.25, 0.3) is 0 Å². The quantitative estimate of drug-likeness (QED) is 0.367. The molecule has 2 N–H and O–H groups in total. The molecule has 0 rings (SSSR count). The molecule has 0 spiro atoms. The van der Waals surface area contributed by atoms with E-state index >= 15 is 0 Å². The summed E-state index contributed by atoms with van der Waals surface area (Å²) in [5.41, 5.74) is 4.85. The Bertz CT molecular complexity index is 21.2. The molecule has 22 valence electrons. The molecular weight excluding hydrogens is 48.8 g/mol. The first-order chi connectivity index (χ1) is 1.91. The fourth-order valence-electron chi connectivity index (χ4n) is 0. The van der Waals surface area contributed by atoms with Crippen molar-refractivity contribution < 1.29 is 0 Å². The summed E-state index contributed by atoms with van der Waals surface area (Å²) >= 11 is 0. The van der Waals surface area contributed by atoms with Gasteiger partial charge in [0.2, 0.25) is 0 Å². The minimum absolute atomic E-state index is 1.50. The average molecular weight is 54.9 g/mol. The van der Waals surface area contributed by atoms with Gasteiger partial charge in [-0.2, -0.15) is 0 Å². The Balaban J connectivity index is 2.55. The third kappa shape index (κ3) is 1.73. The molecule has 0 aromatic heterocycles. The molecule has 0 aromatic rings. The summed E-state index contributed by atoms with van der Waals surface area (Å²) in [5.74, 6) is 1.78. The Morgan fingerprint density at radius 2 is 2.25 bits per heavy atom. The summed E-state index contributed by atoms with van der Waals surface area (Å²) in [5, 5.41) is 0. The molecule has 0 saturated heterocycles. The van der Waals surface area contributed by atoms with Crippen LogP contribution in [-0.4, -0.2) is 13.0 Å². The van der Waals surface area contributed by atoms with Gasteiger partial charge in [-0.15, -0.1) is 0 Å². The Morgan fingerprint density at radius 1 is 2.00 bits per heavy atom. The SMILES string of the molecule is CC=BN. The molecule has 0 aliphatic rings. The summed E-state index contributed by atoms with van der Waals surface area (Å²) in [4.78, 5) is 0. The van der Waals surface area contributed by atoms with Crippen LogP contribution in [0.2, 0.25) is 0 Å². The van der Waals surface area contributed by atoms with Gasteiger partial charge in [-0.05, 0) is 0 Å². The van der Waals surface area contributed by atoms with E-state index in [9.17, 15) is 0 Å². The fourth-order valence-corrected chi connectivity index (χ4v) is 0. The number of nitrogens with two attached hydrogens (primary N) is 1. The van der Waals surface area contributed by atoms with Crippen LogP contribution in [0.1, 0.15) is 6.92 Å². The average Bonchev–Trinajstić information content (AvgIpc) is 1.37. The predicted molar refractivity (Wildman–Crippen MR) is 21.7 cm³/mol. The van der Waals surface area contributed by atoms with Crippen molar-refractivity contribution in [1.82, 2.24) is 0 Å². The van der Waals surface area contributed by atoms with Gasteiger partial charge in [0.05, 0.1) is 0 Å². The molecule has 0 radical (unpaired) electrons. The number of rotatable bonds is 0. The Hall–Kier alpha value is -0.265. The van der Waals surface area contributed by atoms with E-state index in [1.54, 1.807) is 5.97 Å². The normalized spacial score (nSPS) is 7.25. The van der Waals surface area contributed by atoms with Crippen LogP contribution < -0.4 is 5.64 Å². The molecule has 0 saturated carbocycles. The van der Waals surface area contributed by atoms with Crippen molar-refractivity contribution in [3.8, 4) is 0 Å². The summed E-state index contributed by atoms with van der Waals surface area (Å²) in [6.07, 6.45) is 0. The van der Waals surface area contributed by atoms with Crippen LogP contribution in [0, 0.1) is 0 Å². The van der Waals surface area contributed by atoms with E-state index in [-0.39, 0.29) is 0 Å². The Kier molecular flexibility index (Phi) is 2.55. The molecule has 0 amide bonds. The van der Waals surface area contributed by atoms with E-state index in [1.807, 2.05) is 6.92 Å². The van der Waals surface area contributed by atoms with Gasteiger partial charge in [-0.3, -0.25) is 0 Å². The third-order valence-corrected chi connectivity index (χ3v) is 0.192. The summed E-state index contributed by atoms with van der Waals surface area (Å²) in [6.45, 7) is 1.88. The zero-order valence-electron chi connectivity index (χ0n) is 2.73. The summed E-state index contributed by atoms with van der Waals surface area (Å²) < 4.78 is 0. The van der Waals surface area contributed by atoms with Crippen molar-refractivity contribution >= 4 is 13.0 Å². The molecule has 4 heavy (non-hydrogen) atoms. The van der Waals surface area contributed by atoms with E-state index < -0.39 is 0 Å². The van der Waals surface area contributed by atoms with Gasteiger partial charge in [0.25, 0.3) is 0 Å². The topological polar surface area (TPSA) is 26.0 Å². The first-order valence-electron chi connectivity index (χ1n) is 1.24. The van der Waals surface area contributed by atoms with E-state index in [4.69, 9.17) is 5.64 Å². The van der Waals surface area contributed by atoms with E-state index in [0.717, 1.165) is 0 Å². The van der Waals surface area contributed by atoms with Crippen LogP contribution >= 0.6 is 0 Å². The predicted octanol–water partition coefficient (Wildman–Crippen LogP) is -0.614. The summed E-state index contributed by atoms with van der Waals surface area (Å²) in [6, 6.07) is 0. The monoisotopic (exact) mass is 55.1 g/mol.